The fraction of sp³-hybridized carbons (Fsp3) is 0.0870. The molecule has 0 radical (unpaired) electrons. The normalized spacial score (nSPS) is 10.5. The van der Waals surface area contributed by atoms with Crippen molar-refractivity contribution in [2.24, 2.45) is 0 Å². The van der Waals surface area contributed by atoms with Crippen LogP contribution in [0, 0.1) is 0 Å². The summed E-state index contributed by atoms with van der Waals surface area (Å²) in [5.41, 5.74) is 2.56. The molecule has 2 heterocycles. The van der Waals surface area contributed by atoms with E-state index < -0.39 is 0 Å². The molecular weight excluding hydrogens is 380 g/mol. The number of carbonyl (C=O) groups is 1. The van der Waals surface area contributed by atoms with E-state index in [1.165, 1.54) is 0 Å². The van der Waals surface area contributed by atoms with Gasteiger partial charge in [0.25, 0.3) is 5.91 Å². The largest absolute Gasteiger partial charge is 0.493 e. The van der Waals surface area contributed by atoms with E-state index in [2.05, 4.69) is 15.4 Å². The Morgan fingerprint density at radius 1 is 0.933 bits per heavy atom. The number of benzene rings is 2. The maximum Gasteiger partial charge on any atom is 0.277 e. The summed E-state index contributed by atoms with van der Waals surface area (Å²) in [5, 5.41) is 7.36. The molecule has 2 aromatic heterocycles. The molecule has 0 aliphatic heterocycles. The Balaban J connectivity index is 1.80. The number of nitrogens with one attached hydrogen (secondary N) is 1. The monoisotopic (exact) mass is 400 g/mol. The number of hydrogen-bond donors (Lipinski definition) is 1. The number of aromatic nitrogens is 3. The number of nitrogens with zero attached hydrogens (tertiary/aromatic N) is 3. The highest BCUT2D eigenvalue weighted by Gasteiger charge is 2.20. The summed E-state index contributed by atoms with van der Waals surface area (Å²) < 4.78 is 12.4. The average Bonchev–Trinajstić information content (AvgIpc) is 3.25. The van der Waals surface area contributed by atoms with Crippen LogP contribution in [0.25, 0.3) is 16.8 Å². The molecule has 7 heteroatoms. The number of methoxy groups -OCH3 is 2. The summed E-state index contributed by atoms with van der Waals surface area (Å²) in [4.78, 5) is 17.2. The standard InChI is InChI=1S/C23H20N4O3/c1-29-19-12-11-16(14-20(19)30-2)18-15-27(17-8-4-3-5-9-17)26-22(18)23(28)25-21-10-6-7-13-24-21/h3-15H,1-2H3,(H,24,25,28). The molecule has 4 aromatic rings. The van der Waals surface area contributed by atoms with E-state index in [1.807, 2.05) is 48.7 Å². The van der Waals surface area contributed by atoms with Crippen molar-refractivity contribution in [3.63, 3.8) is 0 Å². The number of pyridine rings is 1. The van der Waals surface area contributed by atoms with Gasteiger partial charge >= 0.3 is 0 Å². The first kappa shape index (κ1) is 19.2. The third kappa shape index (κ3) is 3.86. The zero-order valence-electron chi connectivity index (χ0n) is 16.6. The van der Waals surface area contributed by atoms with Gasteiger partial charge in [0.05, 0.1) is 19.9 Å². The van der Waals surface area contributed by atoms with Crippen LogP contribution in [0.15, 0.2) is 79.1 Å². The number of anilines is 1. The average molecular weight is 400 g/mol. The van der Waals surface area contributed by atoms with Gasteiger partial charge in [0, 0.05) is 18.0 Å². The van der Waals surface area contributed by atoms with E-state index in [9.17, 15) is 4.79 Å². The van der Waals surface area contributed by atoms with Crippen LogP contribution in [0.4, 0.5) is 5.82 Å². The Morgan fingerprint density at radius 2 is 1.70 bits per heavy atom. The van der Waals surface area contributed by atoms with Crippen LogP contribution in [0.1, 0.15) is 10.5 Å². The minimum absolute atomic E-state index is 0.275. The van der Waals surface area contributed by atoms with Gasteiger partial charge in [0.2, 0.25) is 0 Å². The van der Waals surface area contributed by atoms with Crippen LogP contribution in [-0.4, -0.2) is 34.9 Å². The smallest absolute Gasteiger partial charge is 0.277 e. The Hall–Kier alpha value is -4.13. The van der Waals surface area contributed by atoms with Gasteiger partial charge < -0.3 is 14.8 Å². The van der Waals surface area contributed by atoms with Crippen LogP contribution in [-0.2, 0) is 0 Å². The molecule has 30 heavy (non-hydrogen) atoms. The maximum atomic E-state index is 13.0. The molecule has 0 spiro atoms. The molecule has 0 aliphatic rings. The van der Waals surface area contributed by atoms with Crippen molar-refractivity contribution in [2.45, 2.75) is 0 Å². The number of hydrogen-bond acceptors (Lipinski definition) is 5. The lowest BCUT2D eigenvalue weighted by molar-refractivity contribution is 0.102. The van der Waals surface area contributed by atoms with Gasteiger partial charge in [-0.3, -0.25) is 4.79 Å². The van der Waals surface area contributed by atoms with E-state index in [-0.39, 0.29) is 11.6 Å². The van der Waals surface area contributed by atoms with Crippen LogP contribution >= 0.6 is 0 Å². The maximum absolute atomic E-state index is 13.0. The van der Waals surface area contributed by atoms with Gasteiger partial charge in [-0.2, -0.15) is 5.10 Å². The second-order valence-electron chi connectivity index (χ2n) is 6.41. The molecule has 0 bridgehead atoms. The summed E-state index contributed by atoms with van der Waals surface area (Å²) in [6.07, 6.45) is 3.44. The molecule has 0 aliphatic carbocycles. The van der Waals surface area contributed by atoms with Crippen LogP contribution < -0.4 is 14.8 Å². The van der Waals surface area contributed by atoms with E-state index in [0.717, 1.165) is 11.3 Å². The Kier molecular flexibility index (Phi) is 5.43. The highest BCUT2D eigenvalue weighted by Crippen LogP contribution is 2.34. The van der Waals surface area contributed by atoms with Gasteiger partial charge in [-0.15, -0.1) is 0 Å². The summed E-state index contributed by atoms with van der Waals surface area (Å²) >= 11 is 0. The predicted octanol–water partition coefficient (Wildman–Crippen LogP) is 4.20. The first-order chi connectivity index (χ1) is 14.7. The molecule has 2 aromatic carbocycles. The van der Waals surface area contributed by atoms with E-state index in [0.29, 0.717) is 22.9 Å². The fourth-order valence-electron chi connectivity index (χ4n) is 3.08. The molecule has 7 nitrogen and oxygen atoms in total. The topological polar surface area (TPSA) is 78.3 Å². The zero-order chi connectivity index (χ0) is 20.9. The lowest BCUT2D eigenvalue weighted by Gasteiger charge is -2.09. The molecule has 4 rings (SSSR count). The molecule has 0 saturated heterocycles. The van der Waals surface area contributed by atoms with E-state index in [4.69, 9.17) is 9.47 Å². The number of rotatable bonds is 6. The van der Waals surface area contributed by atoms with Crippen molar-refractivity contribution in [2.75, 3.05) is 19.5 Å². The highest BCUT2D eigenvalue weighted by molar-refractivity contribution is 6.07. The molecule has 150 valence electrons. The van der Waals surface area contributed by atoms with Gasteiger partial charge in [-0.25, -0.2) is 9.67 Å². The minimum atomic E-state index is -0.354. The van der Waals surface area contributed by atoms with Gasteiger partial charge in [0.1, 0.15) is 5.82 Å². The Morgan fingerprint density at radius 3 is 2.40 bits per heavy atom. The summed E-state index contributed by atoms with van der Waals surface area (Å²) in [7, 11) is 3.15. The molecule has 0 saturated carbocycles. The van der Waals surface area contributed by atoms with Crippen molar-refractivity contribution in [1.82, 2.24) is 14.8 Å². The highest BCUT2D eigenvalue weighted by atomic mass is 16.5. The van der Waals surface area contributed by atoms with Crippen molar-refractivity contribution in [1.29, 1.82) is 0 Å². The van der Waals surface area contributed by atoms with Gasteiger partial charge in [-0.1, -0.05) is 30.3 Å². The molecule has 0 unspecified atom stereocenters. The van der Waals surface area contributed by atoms with Gasteiger partial charge in [0.15, 0.2) is 17.2 Å². The zero-order valence-corrected chi connectivity index (χ0v) is 16.6. The Labute approximate surface area is 173 Å². The quantitative estimate of drug-likeness (QED) is 0.525. The second-order valence-corrected chi connectivity index (χ2v) is 6.41. The molecule has 0 atom stereocenters. The number of carbonyl (C=O) groups excluding carboxylic acids is 1. The molecule has 1 amide bonds. The van der Waals surface area contributed by atoms with Gasteiger partial charge in [-0.05, 0) is 42.0 Å². The predicted molar refractivity (Wildman–Crippen MR) is 114 cm³/mol. The lowest BCUT2D eigenvalue weighted by atomic mass is 10.1. The van der Waals surface area contributed by atoms with Crippen LogP contribution in [0.3, 0.4) is 0 Å². The summed E-state index contributed by atoms with van der Waals surface area (Å²) in [6.45, 7) is 0. The second kappa shape index (κ2) is 8.48. The van der Waals surface area contributed by atoms with Crippen LogP contribution in [0.5, 0.6) is 11.5 Å². The number of amides is 1. The Bertz CT molecular complexity index is 1160. The number of para-hydroxylation sites is 1. The first-order valence-electron chi connectivity index (χ1n) is 9.29. The lowest BCUT2D eigenvalue weighted by Crippen LogP contribution is -2.15. The van der Waals surface area contributed by atoms with Crippen LogP contribution in [0.2, 0.25) is 0 Å². The van der Waals surface area contributed by atoms with Crippen molar-refractivity contribution >= 4 is 11.7 Å². The molecule has 1 N–H and O–H groups in total. The third-order valence-electron chi connectivity index (χ3n) is 4.55. The van der Waals surface area contributed by atoms with Crippen molar-refractivity contribution in [3.05, 3.63) is 84.8 Å². The molecule has 0 fully saturated rings. The van der Waals surface area contributed by atoms with E-state index in [1.54, 1.807) is 49.4 Å². The summed E-state index contributed by atoms with van der Waals surface area (Å²) in [6, 6.07) is 20.4. The van der Waals surface area contributed by atoms with Crippen molar-refractivity contribution in [3.8, 4) is 28.3 Å². The van der Waals surface area contributed by atoms with E-state index >= 15 is 0 Å². The fourth-order valence-corrected chi connectivity index (χ4v) is 3.08. The molecular formula is C23H20N4O3. The minimum Gasteiger partial charge on any atom is -0.493 e. The van der Waals surface area contributed by atoms with Crippen molar-refractivity contribution < 1.29 is 14.3 Å². The summed E-state index contributed by atoms with van der Waals surface area (Å²) in [5.74, 6) is 1.28. The SMILES string of the molecule is COc1ccc(-c2cn(-c3ccccc3)nc2C(=O)Nc2ccccn2)cc1OC. The first-order valence-corrected chi connectivity index (χ1v) is 9.29. The third-order valence-corrected chi connectivity index (χ3v) is 4.55. The number of ether oxygens (including phenoxy) is 2.